The fourth-order valence-electron chi connectivity index (χ4n) is 2.91. The van der Waals surface area contributed by atoms with Gasteiger partial charge >= 0.3 is 6.09 Å². The third kappa shape index (κ3) is 4.61. The molecule has 1 aromatic carbocycles. The molecule has 0 spiro atoms. The van der Waals surface area contributed by atoms with Crippen LogP contribution < -0.4 is 4.90 Å². The minimum atomic E-state index is -0.606. The zero-order valence-corrected chi connectivity index (χ0v) is 15.2. The lowest BCUT2D eigenvalue weighted by atomic mass is 10.1. The number of nitrogens with zero attached hydrogens (tertiary/aromatic N) is 3. The number of ether oxygens (including phenoxy) is 1. The summed E-state index contributed by atoms with van der Waals surface area (Å²) >= 11 is 0. The standard InChI is InChI=1S/C17H25N3O6/c1-17(2,3)26-16(23)18-6-7-19(14(9-18)11-22)15-5-4-13(20(24)25)8-12(15)10-21/h4-5,8,14,21-22H,6-7,9-11H2,1-3H3/t14-/m1/s1. The van der Waals surface area contributed by atoms with Gasteiger partial charge in [0, 0.05) is 43.0 Å². The molecular weight excluding hydrogens is 342 g/mol. The van der Waals surface area contributed by atoms with Gasteiger partial charge in [-0.3, -0.25) is 10.1 Å². The number of non-ortho nitro benzene ring substituents is 1. The average molecular weight is 367 g/mol. The first-order valence-electron chi connectivity index (χ1n) is 8.40. The topological polar surface area (TPSA) is 116 Å². The van der Waals surface area contributed by atoms with Crippen LogP contribution in [0.1, 0.15) is 26.3 Å². The summed E-state index contributed by atoms with van der Waals surface area (Å²) in [6, 6.07) is 3.85. The molecule has 2 rings (SSSR count). The van der Waals surface area contributed by atoms with E-state index in [-0.39, 0.29) is 25.4 Å². The van der Waals surface area contributed by atoms with Crippen LogP contribution >= 0.6 is 0 Å². The molecule has 1 heterocycles. The van der Waals surface area contributed by atoms with Gasteiger partial charge in [-0.25, -0.2) is 4.79 Å². The molecule has 1 aliphatic rings. The summed E-state index contributed by atoms with van der Waals surface area (Å²) in [6.07, 6.45) is -0.443. The molecule has 0 bridgehead atoms. The Morgan fingerprint density at radius 3 is 2.58 bits per heavy atom. The molecule has 26 heavy (non-hydrogen) atoms. The molecule has 144 valence electrons. The third-order valence-electron chi connectivity index (χ3n) is 4.10. The quantitative estimate of drug-likeness (QED) is 0.612. The number of amides is 1. The van der Waals surface area contributed by atoms with Crippen molar-refractivity contribution in [3.05, 3.63) is 33.9 Å². The Morgan fingerprint density at radius 2 is 2.04 bits per heavy atom. The molecule has 1 saturated heterocycles. The summed E-state index contributed by atoms with van der Waals surface area (Å²) in [6.45, 7) is 5.84. The van der Waals surface area contributed by atoms with Crippen LogP contribution in [-0.4, -0.2) is 64.0 Å². The number of piperazine rings is 1. The Kier molecular flexibility index (Phi) is 6.04. The maximum atomic E-state index is 12.2. The van der Waals surface area contributed by atoms with Crippen molar-refractivity contribution in [3.63, 3.8) is 0 Å². The van der Waals surface area contributed by atoms with Crippen LogP contribution in [0.25, 0.3) is 0 Å². The molecule has 1 fully saturated rings. The molecule has 0 radical (unpaired) electrons. The fraction of sp³-hybridized carbons (Fsp3) is 0.588. The van der Waals surface area contributed by atoms with Crippen LogP contribution in [0, 0.1) is 10.1 Å². The van der Waals surface area contributed by atoms with E-state index in [1.807, 2.05) is 4.90 Å². The molecule has 1 aromatic rings. The van der Waals surface area contributed by atoms with Gasteiger partial charge in [0.2, 0.25) is 0 Å². The van der Waals surface area contributed by atoms with Crippen molar-refractivity contribution in [2.45, 2.75) is 39.0 Å². The highest BCUT2D eigenvalue weighted by Gasteiger charge is 2.32. The zero-order valence-electron chi connectivity index (χ0n) is 15.2. The molecule has 2 N–H and O–H groups in total. The summed E-state index contributed by atoms with van der Waals surface area (Å²) in [5.74, 6) is 0. The lowest BCUT2D eigenvalue weighted by molar-refractivity contribution is -0.384. The molecule has 0 saturated carbocycles. The maximum absolute atomic E-state index is 12.2. The largest absolute Gasteiger partial charge is 0.444 e. The number of aliphatic hydroxyl groups is 2. The Labute approximate surface area is 151 Å². The maximum Gasteiger partial charge on any atom is 0.410 e. The summed E-state index contributed by atoms with van der Waals surface area (Å²) in [5.41, 5.74) is 0.306. The zero-order chi connectivity index (χ0) is 19.5. The van der Waals surface area contributed by atoms with E-state index in [1.165, 1.54) is 17.0 Å². The molecule has 1 atom stereocenters. The van der Waals surface area contributed by atoms with Gasteiger partial charge in [0.25, 0.3) is 5.69 Å². The highest BCUT2D eigenvalue weighted by molar-refractivity contribution is 5.69. The lowest BCUT2D eigenvalue weighted by Gasteiger charge is -2.42. The lowest BCUT2D eigenvalue weighted by Crippen LogP contribution is -2.57. The molecule has 1 amide bonds. The average Bonchev–Trinajstić information content (AvgIpc) is 2.59. The van der Waals surface area contributed by atoms with Crippen molar-refractivity contribution in [1.82, 2.24) is 4.90 Å². The minimum absolute atomic E-state index is 0.106. The fourth-order valence-corrected chi connectivity index (χ4v) is 2.91. The molecule has 0 unspecified atom stereocenters. The van der Waals surface area contributed by atoms with Gasteiger partial charge in [0.15, 0.2) is 0 Å². The van der Waals surface area contributed by atoms with Gasteiger partial charge in [-0.2, -0.15) is 0 Å². The van der Waals surface area contributed by atoms with E-state index >= 15 is 0 Å². The van der Waals surface area contributed by atoms with E-state index in [9.17, 15) is 25.1 Å². The number of aliphatic hydroxyl groups excluding tert-OH is 2. The number of nitro benzene ring substituents is 1. The highest BCUT2D eigenvalue weighted by atomic mass is 16.6. The summed E-state index contributed by atoms with van der Waals surface area (Å²) in [7, 11) is 0. The van der Waals surface area contributed by atoms with Crippen molar-refractivity contribution in [2.24, 2.45) is 0 Å². The van der Waals surface area contributed by atoms with Crippen LogP contribution in [0.3, 0.4) is 0 Å². The van der Waals surface area contributed by atoms with Gasteiger partial charge in [0.1, 0.15) is 5.60 Å². The number of carbonyl (C=O) groups excluding carboxylic acids is 1. The number of nitro groups is 1. The molecule has 0 aromatic heterocycles. The first kappa shape index (κ1) is 19.9. The van der Waals surface area contributed by atoms with Crippen molar-refractivity contribution in [2.75, 3.05) is 31.1 Å². The Morgan fingerprint density at radius 1 is 1.35 bits per heavy atom. The molecular formula is C17H25N3O6. The van der Waals surface area contributed by atoms with Crippen LogP contribution in [0.2, 0.25) is 0 Å². The predicted octanol–water partition coefficient (Wildman–Crippen LogP) is 1.51. The first-order valence-corrected chi connectivity index (χ1v) is 8.40. The second-order valence-corrected chi connectivity index (χ2v) is 7.18. The summed E-state index contributed by atoms with van der Waals surface area (Å²) < 4.78 is 5.37. The van der Waals surface area contributed by atoms with Crippen LogP contribution in [0.4, 0.5) is 16.2 Å². The van der Waals surface area contributed by atoms with Crippen LogP contribution in [0.5, 0.6) is 0 Å². The van der Waals surface area contributed by atoms with E-state index in [0.29, 0.717) is 24.3 Å². The molecule has 0 aliphatic carbocycles. The van der Waals surface area contributed by atoms with E-state index in [2.05, 4.69) is 0 Å². The molecule has 1 aliphatic heterocycles. The van der Waals surface area contributed by atoms with Crippen molar-refractivity contribution in [1.29, 1.82) is 0 Å². The number of benzene rings is 1. The van der Waals surface area contributed by atoms with Gasteiger partial charge in [-0.15, -0.1) is 0 Å². The Bertz CT molecular complexity index is 673. The number of hydrogen-bond donors (Lipinski definition) is 2. The smallest absolute Gasteiger partial charge is 0.410 e. The number of anilines is 1. The van der Waals surface area contributed by atoms with E-state index < -0.39 is 22.7 Å². The normalized spacial score (nSPS) is 18.0. The molecule has 9 heteroatoms. The van der Waals surface area contributed by atoms with Gasteiger partial charge < -0.3 is 24.7 Å². The van der Waals surface area contributed by atoms with Gasteiger partial charge in [-0.1, -0.05) is 0 Å². The summed E-state index contributed by atoms with van der Waals surface area (Å²) in [4.78, 5) is 26.0. The highest BCUT2D eigenvalue weighted by Crippen LogP contribution is 2.29. The summed E-state index contributed by atoms with van der Waals surface area (Å²) in [5, 5.41) is 30.3. The Hall–Kier alpha value is -2.39. The minimum Gasteiger partial charge on any atom is -0.444 e. The number of rotatable bonds is 4. The van der Waals surface area contributed by atoms with Crippen molar-refractivity contribution >= 4 is 17.5 Å². The number of hydrogen-bond acceptors (Lipinski definition) is 7. The first-order chi connectivity index (χ1) is 12.2. The van der Waals surface area contributed by atoms with Gasteiger partial charge in [-0.05, 0) is 26.8 Å². The van der Waals surface area contributed by atoms with Crippen molar-refractivity contribution in [3.8, 4) is 0 Å². The van der Waals surface area contributed by atoms with E-state index in [0.717, 1.165) is 0 Å². The van der Waals surface area contributed by atoms with E-state index in [1.54, 1.807) is 26.8 Å². The van der Waals surface area contributed by atoms with Gasteiger partial charge in [0.05, 0.1) is 24.2 Å². The Balaban J connectivity index is 2.20. The second-order valence-electron chi connectivity index (χ2n) is 7.18. The second kappa shape index (κ2) is 7.88. The number of carbonyl (C=O) groups is 1. The predicted molar refractivity (Wildman–Crippen MR) is 95.0 cm³/mol. The third-order valence-corrected chi connectivity index (χ3v) is 4.10. The van der Waals surface area contributed by atoms with Crippen molar-refractivity contribution < 1.29 is 24.7 Å². The van der Waals surface area contributed by atoms with Crippen LogP contribution in [0.15, 0.2) is 18.2 Å². The SMILES string of the molecule is CC(C)(C)OC(=O)N1CCN(c2ccc([N+](=O)[O-])cc2CO)[C@@H](CO)C1. The van der Waals surface area contributed by atoms with E-state index in [4.69, 9.17) is 4.74 Å². The van der Waals surface area contributed by atoms with Crippen LogP contribution in [-0.2, 0) is 11.3 Å². The monoisotopic (exact) mass is 367 g/mol. The molecule has 9 nitrogen and oxygen atoms in total.